The van der Waals surface area contributed by atoms with Gasteiger partial charge in [0.05, 0.1) is 11.4 Å². The lowest BCUT2D eigenvalue weighted by Crippen LogP contribution is -2.13. The lowest BCUT2D eigenvalue weighted by Gasteiger charge is -2.04. The normalized spacial score (nSPS) is 10.6. The number of aryl methyl sites for hydroxylation is 1. The minimum Gasteiger partial charge on any atom is -0.318 e. The van der Waals surface area contributed by atoms with E-state index in [1.165, 1.54) is 12.1 Å². The summed E-state index contributed by atoms with van der Waals surface area (Å²) in [6.07, 6.45) is 0. The molecule has 0 saturated carbocycles. The number of halogens is 2. The standard InChI is InChI=1S/C17H13ClFN3O/c1-10-2-4-11(5-3-10)15-9-16(22-21-15)17(23)20-14-7-6-12(18)8-13(14)19/h2-9H,1H3,(H,20,23)(H,21,22). The minimum absolute atomic E-state index is 0.0610. The van der Waals surface area contributed by atoms with Crippen LogP contribution in [0.15, 0.2) is 48.5 Å². The molecule has 0 aliphatic carbocycles. The van der Waals surface area contributed by atoms with Crippen LogP contribution in [0.2, 0.25) is 5.02 Å². The van der Waals surface area contributed by atoms with E-state index in [-0.39, 0.29) is 16.4 Å². The Bertz CT molecular complexity index is 859. The number of nitrogens with zero attached hydrogens (tertiary/aromatic N) is 1. The number of hydrogen-bond donors (Lipinski definition) is 2. The van der Waals surface area contributed by atoms with Crippen molar-refractivity contribution in [3.05, 3.63) is 70.6 Å². The Morgan fingerprint density at radius 1 is 1.17 bits per heavy atom. The van der Waals surface area contributed by atoms with Crippen molar-refractivity contribution in [2.45, 2.75) is 6.92 Å². The first-order valence-corrected chi connectivity index (χ1v) is 7.29. The van der Waals surface area contributed by atoms with Crippen molar-refractivity contribution >= 4 is 23.2 Å². The molecule has 0 aliphatic rings. The van der Waals surface area contributed by atoms with Gasteiger partial charge in [-0.1, -0.05) is 41.4 Å². The zero-order chi connectivity index (χ0) is 16.4. The topological polar surface area (TPSA) is 57.8 Å². The monoisotopic (exact) mass is 329 g/mol. The van der Waals surface area contributed by atoms with E-state index < -0.39 is 11.7 Å². The fourth-order valence-corrected chi connectivity index (χ4v) is 2.25. The smallest absolute Gasteiger partial charge is 0.273 e. The Kier molecular flexibility index (Phi) is 4.12. The number of aromatic amines is 1. The molecule has 23 heavy (non-hydrogen) atoms. The third kappa shape index (κ3) is 3.40. The van der Waals surface area contributed by atoms with Crippen molar-refractivity contribution in [3.63, 3.8) is 0 Å². The van der Waals surface area contributed by atoms with Gasteiger partial charge in [-0.3, -0.25) is 9.89 Å². The highest BCUT2D eigenvalue weighted by Gasteiger charge is 2.13. The van der Waals surface area contributed by atoms with Crippen LogP contribution < -0.4 is 5.32 Å². The molecule has 0 atom stereocenters. The maximum absolute atomic E-state index is 13.7. The molecule has 6 heteroatoms. The molecule has 2 N–H and O–H groups in total. The summed E-state index contributed by atoms with van der Waals surface area (Å²) in [6.45, 7) is 1.99. The Hall–Kier alpha value is -2.66. The molecule has 1 aromatic heterocycles. The molecular formula is C17H13ClFN3O. The van der Waals surface area contributed by atoms with Crippen molar-refractivity contribution in [1.29, 1.82) is 0 Å². The molecule has 3 rings (SSSR count). The number of anilines is 1. The minimum atomic E-state index is -0.593. The fourth-order valence-electron chi connectivity index (χ4n) is 2.09. The molecule has 0 radical (unpaired) electrons. The number of carbonyl (C=O) groups excluding carboxylic acids is 1. The second-order valence-electron chi connectivity index (χ2n) is 5.11. The molecule has 0 spiro atoms. The first-order valence-electron chi connectivity index (χ1n) is 6.92. The molecule has 4 nitrogen and oxygen atoms in total. The van der Waals surface area contributed by atoms with Crippen molar-refractivity contribution in [2.24, 2.45) is 0 Å². The Morgan fingerprint density at radius 2 is 1.91 bits per heavy atom. The maximum atomic E-state index is 13.7. The van der Waals surface area contributed by atoms with Crippen LogP contribution in [-0.4, -0.2) is 16.1 Å². The molecular weight excluding hydrogens is 317 g/mol. The molecule has 0 aliphatic heterocycles. The fraction of sp³-hybridized carbons (Fsp3) is 0.0588. The summed E-state index contributed by atoms with van der Waals surface area (Å²) in [5.74, 6) is -1.07. The molecule has 0 bridgehead atoms. The predicted octanol–water partition coefficient (Wildman–Crippen LogP) is 4.43. The van der Waals surface area contributed by atoms with Gasteiger partial charge in [0, 0.05) is 10.6 Å². The molecule has 0 saturated heterocycles. The van der Waals surface area contributed by atoms with Gasteiger partial charge in [0.15, 0.2) is 0 Å². The summed E-state index contributed by atoms with van der Waals surface area (Å²) in [4.78, 5) is 12.2. The summed E-state index contributed by atoms with van der Waals surface area (Å²) >= 11 is 5.68. The number of benzene rings is 2. The third-order valence-electron chi connectivity index (χ3n) is 3.35. The lowest BCUT2D eigenvalue weighted by atomic mass is 10.1. The quantitative estimate of drug-likeness (QED) is 0.746. The second-order valence-corrected chi connectivity index (χ2v) is 5.55. The van der Waals surface area contributed by atoms with Gasteiger partial charge in [-0.05, 0) is 31.2 Å². The number of aromatic nitrogens is 2. The van der Waals surface area contributed by atoms with Crippen LogP contribution in [0, 0.1) is 12.7 Å². The van der Waals surface area contributed by atoms with Crippen LogP contribution in [0.3, 0.4) is 0 Å². The van der Waals surface area contributed by atoms with Crippen LogP contribution in [0.5, 0.6) is 0 Å². The Morgan fingerprint density at radius 3 is 2.61 bits per heavy atom. The number of amides is 1. The molecule has 0 unspecified atom stereocenters. The average Bonchev–Trinajstić information content (AvgIpc) is 3.01. The number of nitrogens with one attached hydrogen (secondary N) is 2. The predicted molar refractivity (Wildman–Crippen MR) is 88.1 cm³/mol. The molecule has 1 heterocycles. The summed E-state index contributed by atoms with van der Waals surface area (Å²) in [5.41, 5.74) is 2.98. The summed E-state index contributed by atoms with van der Waals surface area (Å²) in [6, 6.07) is 13.4. The highest BCUT2D eigenvalue weighted by Crippen LogP contribution is 2.21. The van der Waals surface area contributed by atoms with Gasteiger partial charge in [0.25, 0.3) is 5.91 Å². The number of hydrogen-bond acceptors (Lipinski definition) is 2. The van der Waals surface area contributed by atoms with Crippen molar-refractivity contribution in [1.82, 2.24) is 10.2 Å². The molecule has 3 aromatic rings. The summed E-state index contributed by atoms with van der Waals surface area (Å²) in [7, 11) is 0. The highest BCUT2D eigenvalue weighted by molar-refractivity contribution is 6.30. The Balaban J connectivity index is 1.79. The van der Waals surface area contributed by atoms with Crippen LogP contribution in [0.25, 0.3) is 11.3 Å². The maximum Gasteiger partial charge on any atom is 0.273 e. The number of H-pyrrole nitrogens is 1. The van der Waals surface area contributed by atoms with E-state index in [9.17, 15) is 9.18 Å². The van der Waals surface area contributed by atoms with E-state index in [0.717, 1.165) is 17.2 Å². The van der Waals surface area contributed by atoms with E-state index in [1.54, 1.807) is 6.07 Å². The van der Waals surface area contributed by atoms with Crippen LogP contribution in [-0.2, 0) is 0 Å². The van der Waals surface area contributed by atoms with Gasteiger partial charge in [0.1, 0.15) is 11.5 Å². The molecule has 0 fully saturated rings. The van der Waals surface area contributed by atoms with Crippen molar-refractivity contribution < 1.29 is 9.18 Å². The largest absolute Gasteiger partial charge is 0.318 e. The zero-order valence-electron chi connectivity index (χ0n) is 12.2. The lowest BCUT2D eigenvalue weighted by molar-refractivity contribution is 0.102. The van der Waals surface area contributed by atoms with E-state index in [2.05, 4.69) is 15.5 Å². The van der Waals surface area contributed by atoms with Crippen LogP contribution in [0.4, 0.5) is 10.1 Å². The van der Waals surface area contributed by atoms with E-state index >= 15 is 0 Å². The third-order valence-corrected chi connectivity index (χ3v) is 3.58. The van der Waals surface area contributed by atoms with Gasteiger partial charge in [-0.2, -0.15) is 5.10 Å². The highest BCUT2D eigenvalue weighted by atomic mass is 35.5. The number of rotatable bonds is 3. The second kappa shape index (κ2) is 6.22. The molecule has 116 valence electrons. The van der Waals surface area contributed by atoms with Gasteiger partial charge in [-0.25, -0.2) is 4.39 Å². The van der Waals surface area contributed by atoms with Gasteiger partial charge >= 0.3 is 0 Å². The zero-order valence-corrected chi connectivity index (χ0v) is 13.0. The molecule has 2 aromatic carbocycles. The van der Waals surface area contributed by atoms with Crippen LogP contribution in [0.1, 0.15) is 16.1 Å². The first kappa shape index (κ1) is 15.2. The van der Waals surface area contributed by atoms with Gasteiger partial charge in [0.2, 0.25) is 0 Å². The number of carbonyl (C=O) groups is 1. The van der Waals surface area contributed by atoms with Crippen molar-refractivity contribution in [3.8, 4) is 11.3 Å². The first-order chi connectivity index (χ1) is 11.0. The van der Waals surface area contributed by atoms with Gasteiger partial charge in [-0.15, -0.1) is 0 Å². The SMILES string of the molecule is Cc1ccc(-c2cc(C(=O)Nc3ccc(Cl)cc3F)[nH]n2)cc1. The summed E-state index contributed by atoms with van der Waals surface area (Å²) < 4.78 is 13.7. The van der Waals surface area contributed by atoms with Gasteiger partial charge < -0.3 is 5.32 Å². The van der Waals surface area contributed by atoms with E-state index in [4.69, 9.17) is 11.6 Å². The average molecular weight is 330 g/mol. The summed E-state index contributed by atoms with van der Waals surface area (Å²) in [5, 5.41) is 9.52. The Labute approximate surface area is 137 Å². The van der Waals surface area contributed by atoms with E-state index in [0.29, 0.717) is 5.69 Å². The van der Waals surface area contributed by atoms with Crippen molar-refractivity contribution in [2.75, 3.05) is 5.32 Å². The van der Waals surface area contributed by atoms with E-state index in [1.807, 2.05) is 31.2 Å². The molecule has 1 amide bonds. The van der Waals surface area contributed by atoms with Crippen LogP contribution >= 0.6 is 11.6 Å².